The van der Waals surface area contributed by atoms with Gasteiger partial charge in [-0.1, -0.05) is 0 Å². The van der Waals surface area contributed by atoms with Gasteiger partial charge in [0.05, 0.1) is 0 Å². The number of morpholine rings is 2. The van der Waals surface area contributed by atoms with Crippen molar-refractivity contribution in [1.29, 1.82) is 0 Å². The summed E-state index contributed by atoms with van der Waals surface area (Å²) in [4.78, 5) is 4.54. The van der Waals surface area contributed by atoms with E-state index in [4.69, 9.17) is 33.9 Å². The topological polar surface area (TPSA) is 24.9 Å². The summed E-state index contributed by atoms with van der Waals surface area (Å²) >= 11 is 9.93. The van der Waals surface area contributed by atoms with Gasteiger partial charge in [-0.3, -0.25) is 0 Å². The Bertz CT molecular complexity index is 549. The first-order valence-electron chi connectivity index (χ1n) is 8.18. The molecule has 2 aliphatic rings. The van der Waals surface area contributed by atoms with Gasteiger partial charge < -0.3 is 0 Å². The SMILES string of the molecule is S=C(S[As](SC(=S)N1CCOCC1)c1ccccc1)N1CCOCC1. The van der Waals surface area contributed by atoms with E-state index in [2.05, 4.69) is 40.1 Å². The molecule has 2 saturated heterocycles. The summed E-state index contributed by atoms with van der Waals surface area (Å²) < 4.78 is 14.2. The monoisotopic (exact) mass is 476 g/mol. The fourth-order valence-electron chi connectivity index (χ4n) is 2.42. The van der Waals surface area contributed by atoms with E-state index in [0.717, 1.165) is 61.2 Å². The van der Waals surface area contributed by atoms with Gasteiger partial charge in [-0.2, -0.15) is 0 Å². The van der Waals surface area contributed by atoms with Crippen LogP contribution < -0.4 is 4.35 Å². The van der Waals surface area contributed by atoms with Crippen LogP contribution in [0.4, 0.5) is 0 Å². The van der Waals surface area contributed by atoms with E-state index in [0.29, 0.717) is 0 Å². The van der Waals surface area contributed by atoms with Crippen molar-refractivity contribution in [2.45, 2.75) is 0 Å². The fourth-order valence-corrected chi connectivity index (χ4v) is 17.4. The van der Waals surface area contributed by atoms with Crippen molar-refractivity contribution in [3.8, 4) is 0 Å². The normalized spacial score (nSPS) is 18.4. The molecule has 0 aliphatic carbocycles. The molecule has 0 amide bonds. The molecule has 1 aromatic carbocycles. The van der Waals surface area contributed by atoms with Crippen LogP contribution in [0.25, 0.3) is 0 Å². The first-order chi connectivity index (χ1) is 12.2. The average molecular weight is 477 g/mol. The van der Waals surface area contributed by atoms with Gasteiger partial charge in [-0.05, 0) is 0 Å². The van der Waals surface area contributed by atoms with Gasteiger partial charge in [0.2, 0.25) is 0 Å². The van der Waals surface area contributed by atoms with Gasteiger partial charge in [-0.25, -0.2) is 0 Å². The molecule has 0 bridgehead atoms. The van der Waals surface area contributed by atoms with E-state index in [1.54, 1.807) is 0 Å². The van der Waals surface area contributed by atoms with Crippen LogP contribution >= 0.6 is 44.5 Å². The molecule has 136 valence electrons. The molecule has 4 nitrogen and oxygen atoms in total. The van der Waals surface area contributed by atoms with Crippen LogP contribution in [0.2, 0.25) is 0 Å². The van der Waals surface area contributed by atoms with Crippen LogP contribution in [0, 0.1) is 0 Å². The van der Waals surface area contributed by atoms with Crippen LogP contribution in [0.5, 0.6) is 0 Å². The summed E-state index contributed by atoms with van der Waals surface area (Å²) in [7, 11) is 3.72. The minimum atomic E-state index is -1.54. The molecule has 2 fully saturated rings. The second-order valence-electron chi connectivity index (χ2n) is 5.51. The maximum absolute atomic E-state index is 5.74. The molecule has 0 atom stereocenters. The third-order valence-corrected chi connectivity index (χ3v) is 17.9. The van der Waals surface area contributed by atoms with Crippen molar-refractivity contribution in [3.05, 3.63) is 30.3 Å². The van der Waals surface area contributed by atoms with Crippen LogP contribution in [-0.4, -0.2) is 83.4 Å². The molecule has 25 heavy (non-hydrogen) atoms. The molecule has 0 N–H and O–H groups in total. The molecule has 0 aromatic heterocycles. The van der Waals surface area contributed by atoms with Gasteiger partial charge in [0.1, 0.15) is 0 Å². The summed E-state index contributed by atoms with van der Waals surface area (Å²) in [6, 6.07) is 10.7. The van der Waals surface area contributed by atoms with Gasteiger partial charge in [-0.15, -0.1) is 0 Å². The molecule has 0 unspecified atom stereocenters. The van der Waals surface area contributed by atoms with E-state index >= 15 is 0 Å². The third kappa shape index (κ3) is 6.09. The molecule has 2 aliphatic heterocycles. The third-order valence-electron chi connectivity index (χ3n) is 3.83. The second kappa shape index (κ2) is 10.5. The van der Waals surface area contributed by atoms with Crippen LogP contribution in [0.1, 0.15) is 0 Å². The Morgan fingerprint density at radius 3 is 1.68 bits per heavy atom. The van der Waals surface area contributed by atoms with E-state index in [-0.39, 0.29) is 0 Å². The van der Waals surface area contributed by atoms with Gasteiger partial charge in [0.25, 0.3) is 0 Å². The average Bonchev–Trinajstić information content (AvgIpc) is 2.69. The van der Waals surface area contributed by atoms with Crippen molar-refractivity contribution < 1.29 is 9.47 Å². The standard InChI is InChI=1S/C16H21AsN2O2S4/c22-15(18-6-10-20-11-7-18)24-17(14-4-2-1-3-5-14)25-16(23)19-8-12-21-13-9-19/h1-5H,6-13H2. The summed E-state index contributed by atoms with van der Waals surface area (Å²) in [6.45, 7) is 6.61. The zero-order chi connectivity index (χ0) is 17.5. The van der Waals surface area contributed by atoms with Crippen molar-refractivity contribution in [3.63, 3.8) is 0 Å². The number of benzene rings is 1. The minimum absolute atomic E-state index is 0.762. The predicted molar refractivity (Wildman–Crippen MR) is 117 cm³/mol. The molecule has 2 heterocycles. The van der Waals surface area contributed by atoms with Crippen molar-refractivity contribution in [1.82, 2.24) is 9.80 Å². The molecule has 9 heteroatoms. The number of hydrogen-bond acceptors (Lipinski definition) is 6. The Morgan fingerprint density at radius 2 is 1.24 bits per heavy atom. The van der Waals surface area contributed by atoms with Crippen molar-refractivity contribution in [2.24, 2.45) is 0 Å². The molecule has 0 spiro atoms. The quantitative estimate of drug-likeness (QED) is 0.483. The number of rotatable bonds is 3. The van der Waals surface area contributed by atoms with Gasteiger partial charge >= 0.3 is 172 Å². The first kappa shape index (κ1) is 19.9. The van der Waals surface area contributed by atoms with Crippen molar-refractivity contribution in [2.75, 3.05) is 52.6 Å². The zero-order valence-electron chi connectivity index (χ0n) is 13.8. The van der Waals surface area contributed by atoms with E-state index in [1.807, 2.05) is 20.0 Å². The van der Waals surface area contributed by atoms with Crippen molar-refractivity contribution >= 4 is 69.8 Å². The number of hydrogen-bond donors (Lipinski definition) is 0. The summed E-state index contributed by atoms with van der Waals surface area (Å²) in [5.41, 5.74) is 0. The predicted octanol–water partition coefficient (Wildman–Crippen LogP) is 2.08. The molecule has 0 radical (unpaired) electrons. The van der Waals surface area contributed by atoms with Gasteiger partial charge in [0.15, 0.2) is 0 Å². The van der Waals surface area contributed by atoms with Crippen LogP contribution in [0.15, 0.2) is 30.3 Å². The molecule has 1 aromatic rings. The van der Waals surface area contributed by atoms with E-state index in [1.165, 1.54) is 4.35 Å². The number of nitrogens with zero attached hydrogens (tertiary/aromatic N) is 2. The summed E-state index contributed by atoms with van der Waals surface area (Å²) in [5.74, 6) is 0. The van der Waals surface area contributed by atoms with Crippen LogP contribution in [-0.2, 0) is 9.47 Å². The number of thiocarbonyl (C=S) groups is 2. The second-order valence-corrected chi connectivity index (χ2v) is 17.4. The Labute approximate surface area is 171 Å². The molecular weight excluding hydrogens is 455 g/mol. The van der Waals surface area contributed by atoms with Crippen LogP contribution in [0.3, 0.4) is 0 Å². The van der Waals surface area contributed by atoms with E-state index in [9.17, 15) is 0 Å². The Morgan fingerprint density at radius 1 is 0.800 bits per heavy atom. The Hall–Kier alpha value is 0.178. The Balaban J connectivity index is 1.66. The van der Waals surface area contributed by atoms with E-state index < -0.39 is 12.3 Å². The van der Waals surface area contributed by atoms with Gasteiger partial charge in [0, 0.05) is 0 Å². The zero-order valence-corrected chi connectivity index (χ0v) is 19.0. The molecule has 3 rings (SSSR count). The maximum atomic E-state index is 5.74. The molecular formula is C16H21AsN2O2S4. The number of ether oxygens (including phenoxy) is 2. The summed E-state index contributed by atoms with van der Waals surface area (Å²) in [5, 5.41) is 0. The summed E-state index contributed by atoms with van der Waals surface area (Å²) in [6.07, 6.45) is 0. The fraction of sp³-hybridized carbons (Fsp3) is 0.500. The Kier molecular flexibility index (Phi) is 8.37. The first-order valence-corrected chi connectivity index (χ1v) is 16.1. The molecule has 0 saturated carbocycles.